The summed E-state index contributed by atoms with van der Waals surface area (Å²) in [6.07, 6.45) is 0. The van der Waals surface area contributed by atoms with Gasteiger partial charge in [-0.2, -0.15) is 0 Å². The smallest absolute Gasteiger partial charge is 0.0470 e. The Hall–Kier alpha value is -0.860. The lowest BCUT2D eigenvalue weighted by molar-refractivity contribution is 0.276. The number of nitrogens with one attached hydrogen (secondary N) is 1. The second kappa shape index (κ2) is 3.48. The van der Waals surface area contributed by atoms with Crippen LogP contribution in [0.4, 0.5) is 0 Å². The first-order valence-electron chi connectivity index (χ1n) is 4.74. The topological polar surface area (TPSA) is 15.3 Å². The number of fused-ring (bicyclic) bond motifs is 1. The van der Waals surface area contributed by atoms with Crippen LogP contribution in [0, 0.1) is 0 Å². The Kier molecular flexibility index (Phi) is 2.34. The fraction of sp³-hybridized carbons (Fsp3) is 0.455. The van der Waals surface area contributed by atoms with Gasteiger partial charge in [0.15, 0.2) is 0 Å². The second-order valence-electron chi connectivity index (χ2n) is 3.81. The van der Waals surface area contributed by atoms with Gasteiger partial charge in [-0.15, -0.1) is 0 Å². The van der Waals surface area contributed by atoms with Crippen LogP contribution in [0.15, 0.2) is 24.3 Å². The molecule has 1 unspecified atom stereocenters. The van der Waals surface area contributed by atoms with E-state index in [2.05, 4.69) is 48.6 Å². The van der Waals surface area contributed by atoms with Crippen molar-refractivity contribution in [1.82, 2.24) is 10.2 Å². The SMILES string of the molecule is CN(C)C1CNCc2ccccc21. The molecule has 0 fully saturated rings. The number of hydrogen-bond acceptors (Lipinski definition) is 2. The summed E-state index contributed by atoms with van der Waals surface area (Å²) in [4.78, 5) is 2.27. The molecule has 1 aromatic carbocycles. The molecule has 0 bridgehead atoms. The minimum Gasteiger partial charge on any atom is -0.311 e. The first-order valence-corrected chi connectivity index (χ1v) is 4.74. The molecule has 0 saturated heterocycles. The summed E-state index contributed by atoms with van der Waals surface area (Å²) in [5.41, 5.74) is 2.92. The van der Waals surface area contributed by atoms with Crippen molar-refractivity contribution in [3.63, 3.8) is 0 Å². The number of nitrogens with zero attached hydrogens (tertiary/aromatic N) is 1. The third-order valence-electron chi connectivity index (χ3n) is 2.69. The zero-order chi connectivity index (χ0) is 9.26. The zero-order valence-electron chi connectivity index (χ0n) is 8.25. The van der Waals surface area contributed by atoms with Crippen molar-refractivity contribution in [3.05, 3.63) is 35.4 Å². The van der Waals surface area contributed by atoms with Gasteiger partial charge in [-0.05, 0) is 25.2 Å². The lowest BCUT2D eigenvalue weighted by atomic mass is 9.96. The predicted octanol–water partition coefficient (Wildman–Crippen LogP) is 1.39. The van der Waals surface area contributed by atoms with Gasteiger partial charge >= 0.3 is 0 Å². The standard InChI is InChI=1S/C11H16N2/c1-13(2)11-8-12-7-9-5-3-4-6-10(9)11/h3-6,11-12H,7-8H2,1-2H3. The lowest BCUT2D eigenvalue weighted by Gasteiger charge is -2.31. The predicted molar refractivity (Wildman–Crippen MR) is 54.6 cm³/mol. The van der Waals surface area contributed by atoms with E-state index in [0.29, 0.717) is 6.04 Å². The first kappa shape index (κ1) is 8.73. The van der Waals surface area contributed by atoms with E-state index in [-0.39, 0.29) is 0 Å². The van der Waals surface area contributed by atoms with Crippen LogP contribution in [0.2, 0.25) is 0 Å². The minimum absolute atomic E-state index is 0.532. The Balaban J connectivity index is 2.37. The van der Waals surface area contributed by atoms with Crippen molar-refractivity contribution in [2.45, 2.75) is 12.6 Å². The molecule has 1 heterocycles. The molecular weight excluding hydrogens is 160 g/mol. The Morgan fingerprint density at radius 2 is 2.08 bits per heavy atom. The Labute approximate surface area is 79.6 Å². The molecule has 0 amide bonds. The van der Waals surface area contributed by atoms with E-state index >= 15 is 0 Å². The maximum atomic E-state index is 3.43. The lowest BCUT2D eigenvalue weighted by Crippen LogP contribution is -2.35. The highest BCUT2D eigenvalue weighted by Crippen LogP contribution is 2.24. The highest BCUT2D eigenvalue weighted by atomic mass is 15.1. The molecule has 0 saturated carbocycles. The van der Waals surface area contributed by atoms with Crippen LogP contribution in [0.1, 0.15) is 17.2 Å². The van der Waals surface area contributed by atoms with E-state index in [9.17, 15) is 0 Å². The molecule has 2 rings (SSSR count). The molecule has 1 aliphatic heterocycles. The van der Waals surface area contributed by atoms with E-state index in [0.717, 1.165) is 13.1 Å². The average molecular weight is 176 g/mol. The van der Waals surface area contributed by atoms with Gasteiger partial charge in [0, 0.05) is 19.1 Å². The summed E-state index contributed by atoms with van der Waals surface area (Å²) in [6.45, 7) is 2.07. The van der Waals surface area contributed by atoms with E-state index in [1.165, 1.54) is 11.1 Å². The van der Waals surface area contributed by atoms with Gasteiger partial charge in [0.05, 0.1) is 0 Å². The quantitative estimate of drug-likeness (QED) is 0.695. The minimum atomic E-state index is 0.532. The Morgan fingerprint density at radius 1 is 1.31 bits per heavy atom. The molecule has 1 atom stereocenters. The number of rotatable bonds is 1. The molecule has 13 heavy (non-hydrogen) atoms. The van der Waals surface area contributed by atoms with Gasteiger partial charge in [0.2, 0.25) is 0 Å². The normalized spacial score (nSPS) is 21.6. The highest BCUT2D eigenvalue weighted by molar-refractivity contribution is 5.32. The molecule has 0 radical (unpaired) electrons. The molecule has 2 nitrogen and oxygen atoms in total. The summed E-state index contributed by atoms with van der Waals surface area (Å²) in [6, 6.07) is 9.21. The summed E-state index contributed by atoms with van der Waals surface area (Å²) < 4.78 is 0. The second-order valence-corrected chi connectivity index (χ2v) is 3.81. The van der Waals surface area contributed by atoms with Crippen molar-refractivity contribution in [3.8, 4) is 0 Å². The summed E-state index contributed by atoms with van der Waals surface area (Å²) in [5, 5.41) is 3.43. The fourth-order valence-corrected chi connectivity index (χ4v) is 1.93. The van der Waals surface area contributed by atoms with Gasteiger partial charge in [0.25, 0.3) is 0 Å². The molecule has 1 N–H and O–H groups in total. The molecule has 2 heteroatoms. The third kappa shape index (κ3) is 1.60. The van der Waals surface area contributed by atoms with Crippen LogP contribution in [-0.2, 0) is 6.54 Å². The number of benzene rings is 1. The van der Waals surface area contributed by atoms with Crippen LogP contribution >= 0.6 is 0 Å². The highest BCUT2D eigenvalue weighted by Gasteiger charge is 2.20. The average Bonchev–Trinajstić information content (AvgIpc) is 2.17. The van der Waals surface area contributed by atoms with E-state index in [1.807, 2.05) is 0 Å². The Morgan fingerprint density at radius 3 is 2.85 bits per heavy atom. The molecular formula is C11H16N2. The van der Waals surface area contributed by atoms with Gasteiger partial charge in [-0.3, -0.25) is 0 Å². The van der Waals surface area contributed by atoms with E-state index in [1.54, 1.807) is 0 Å². The molecule has 1 aromatic rings. The van der Waals surface area contributed by atoms with Crippen molar-refractivity contribution < 1.29 is 0 Å². The molecule has 1 aliphatic rings. The van der Waals surface area contributed by atoms with Crippen molar-refractivity contribution in [2.75, 3.05) is 20.6 Å². The van der Waals surface area contributed by atoms with Crippen molar-refractivity contribution in [2.24, 2.45) is 0 Å². The van der Waals surface area contributed by atoms with Crippen LogP contribution in [-0.4, -0.2) is 25.5 Å². The first-order chi connectivity index (χ1) is 6.29. The summed E-state index contributed by atoms with van der Waals surface area (Å²) >= 11 is 0. The van der Waals surface area contributed by atoms with Gasteiger partial charge < -0.3 is 10.2 Å². The maximum Gasteiger partial charge on any atom is 0.0470 e. The largest absolute Gasteiger partial charge is 0.311 e. The molecule has 0 spiro atoms. The van der Waals surface area contributed by atoms with Crippen molar-refractivity contribution >= 4 is 0 Å². The molecule has 0 aromatic heterocycles. The molecule has 0 aliphatic carbocycles. The van der Waals surface area contributed by atoms with Gasteiger partial charge in [0.1, 0.15) is 0 Å². The monoisotopic (exact) mass is 176 g/mol. The molecule has 70 valence electrons. The van der Waals surface area contributed by atoms with Crippen LogP contribution in [0.3, 0.4) is 0 Å². The van der Waals surface area contributed by atoms with E-state index in [4.69, 9.17) is 0 Å². The third-order valence-corrected chi connectivity index (χ3v) is 2.69. The van der Waals surface area contributed by atoms with Gasteiger partial charge in [-0.1, -0.05) is 24.3 Å². The number of likely N-dealkylation sites (N-methyl/N-ethyl adjacent to an activating group) is 1. The van der Waals surface area contributed by atoms with Gasteiger partial charge in [-0.25, -0.2) is 0 Å². The fourth-order valence-electron chi connectivity index (χ4n) is 1.93. The van der Waals surface area contributed by atoms with E-state index < -0.39 is 0 Å². The Bertz CT molecular complexity index is 294. The van der Waals surface area contributed by atoms with Crippen LogP contribution in [0.5, 0.6) is 0 Å². The maximum absolute atomic E-state index is 3.43. The summed E-state index contributed by atoms with van der Waals surface area (Å²) in [5.74, 6) is 0. The number of hydrogen-bond donors (Lipinski definition) is 1. The van der Waals surface area contributed by atoms with Crippen molar-refractivity contribution in [1.29, 1.82) is 0 Å². The zero-order valence-corrected chi connectivity index (χ0v) is 8.25. The van der Waals surface area contributed by atoms with Crippen LogP contribution < -0.4 is 5.32 Å². The summed E-state index contributed by atoms with van der Waals surface area (Å²) in [7, 11) is 4.27. The van der Waals surface area contributed by atoms with Crippen LogP contribution in [0.25, 0.3) is 0 Å².